The summed E-state index contributed by atoms with van der Waals surface area (Å²) in [5.41, 5.74) is 0. The third-order valence-corrected chi connectivity index (χ3v) is 12.0. The molecule has 1 atom stereocenters. The van der Waals surface area contributed by atoms with Gasteiger partial charge in [0.1, 0.15) is 13.2 Å². The largest absolute Gasteiger partial charge is 0.462 e. The number of allylic oxidation sites excluding steroid dienone is 10. The van der Waals surface area contributed by atoms with E-state index in [4.69, 9.17) is 14.2 Å². The number of rotatable bonds is 50. The van der Waals surface area contributed by atoms with Crippen molar-refractivity contribution in [1.82, 2.24) is 0 Å². The average molecular weight is 909 g/mol. The van der Waals surface area contributed by atoms with Gasteiger partial charge >= 0.3 is 17.9 Å². The van der Waals surface area contributed by atoms with Gasteiger partial charge < -0.3 is 14.2 Å². The zero-order valence-corrected chi connectivity index (χ0v) is 43.0. The van der Waals surface area contributed by atoms with Crippen LogP contribution in [0.2, 0.25) is 0 Å². The molecule has 0 aromatic heterocycles. The van der Waals surface area contributed by atoms with Crippen molar-refractivity contribution < 1.29 is 28.6 Å². The Morgan fingerprint density at radius 3 is 0.969 bits per heavy atom. The molecule has 0 heterocycles. The Hall–Kier alpha value is -2.89. The lowest BCUT2D eigenvalue weighted by atomic mass is 10.1. The molecular formula is C59H104O6. The molecule has 6 heteroatoms. The van der Waals surface area contributed by atoms with Crippen LogP contribution < -0.4 is 0 Å². The molecule has 0 rings (SSSR count). The van der Waals surface area contributed by atoms with Crippen molar-refractivity contribution in [3.05, 3.63) is 60.8 Å². The smallest absolute Gasteiger partial charge is 0.306 e. The first-order valence-corrected chi connectivity index (χ1v) is 27.8. The number of esters is 3. The molecule has 65 heavy (non-hydrogen) atoms. The van der Waals surface area contributed by atoms with E-state index in [0.717, 1.165) is 103 Å². The van der Waals surface area contributed by atoms with Crippen molar-refractivity contribution in [3.8, 4) is 0 Å². The van der Waals surface area contributed by atoms with Gasteiger partial charge in [0.25, 0.3) is 0 Å². The van der Waals surface area contributed by atoms with Gasteiger partial charge in [-0.1, -0.05) is 216 Å². The molecule has 0 aromatic carbocycles. The highest BCUT2D eigenvalue weighted by Crippen LogP contribution is 2.15. The highest BCUT2D eigenvalue weighted by Gasteiger charge is 2.19. The summed E-state index contributed by atoms with van der Waals surface area (Å²) in [4.78, 5) is 38.1. The Balaban J connectivity index is 4.38. The standard InChI is InChI=1S/C59H104O6/c1-4-7-10-13-16-19-22-25-27-28-29-30-32-35-38-41-44-47-50-53-59(62)65-56(54-63-57(60)51-48-45-42-39-36-33-24-21-18-15-12-9-6-3)55-64-58(61)52-49-46-43-40-37-34-31-26-23-20-17-14-11-8-5-2/h8,11,17,20-21,24-27,31,56H,4-7,9-10,12-16,18-19,22-23,28-30,32-55H2,1-3H3/b11-8-,20-17-,24-21-,27-25-,31-26-/t56-/m0/s1. The number of hydrogen-bond donors (Lipinski definition) is 0. The van der Waals surface area contributed by atoms with Crippen molar-refractivity contribution in [1.29, 1.82) is 0 Å². The van der Waals surface area contributed by atoms with Gasteiger partial charge in [0.05, 0.1) is 0 Å². The minimum atomic E-state index is -0.785. The highest BCUT2D eigenvalue weighted by molar-refractivity contribution is 5.71. The minimum Gasteiger partial charge on any atom is -0.462 e. The summed E-state index contributed by atoms with van der Waals surface area (Å²) in [5, 5.41) is 0. The number of carbonyl (C=O) groups is 3. The molecule has 0 fully saturated rings. The van der Waals surface area contributed by atoms with Crippen LogP contribution in [-0.4, -0.2) is 37.2 Å². The predicted molar refractivity (Wildman–Crippen MR) is 279 cm³/mol. The average Bonchev–Trinajstić information content (AvgIpc) is 3.30. The van der Waals surface area contributed by atoms with E-state index in [2.05, 4.69) is 81.5 Å². The normalized spacial score (nSPS) is 12.5. The van der Waals surface area contributed by atoms with E-state index < -0.39 is 6.10 Å². The summed E-state index contributed by atoms with van der Waals surface area (Å²) in [5.74, 6) is -0.904. The fourth-order valence-corrected chi connectivity index (χ4v) is 7.80. The lowest BCUT2D eigenvalue weighted by Gasteiger charge is -2.18. The van der Waals surface area contributed by atoms with E-state index in [9.17, 15) is 14.4 Å². The van der Waals surface area contributed by atoms with E-state index >= 15 is 0 Å². The SMILES string of the molecule is CC/C=C\C/C=C\C/C=C\CCCCCCCC(=O)OC[C@H](COC(=O)CCCCCCC/C=C\CCCCCC)OC(=O)CCCCCCCCCCC/C=C\CCCCCCCC. The second-order valence-corrected chi connectivity index (χ2v) is 18.5. The van der Waals surface area contributed by atoms with Crippen LogP contribution in [-0.2, 0) is 28.6 Å². The fraction of sp³-hybridized carbons (Fsp3) is 0.780. The van der Waals surface area contributed by atoms with Crippen molar-refractivity contribution in [2.24, 2.45) is 0 Å². The summed E-state index contributed by atoms with van der Waals surface area (Å²) >= 11 is 0. The lowest BCUT2D eigenvalue weighted by Crippen LogP contribution is -2.30. The molecule has 0 N–H and O–H groups in total. The van der Waals surface area contributed by atoms with E-state index in [1.54, 1.807) is 0 Å². The summed E-state index contributed by atoms with van der Waals surface area (Å²) < 4.78 is 16.8. The molecule has 0 spiro atoms. The van der Waals surface area contributed by atoms with E-state index in [-0.39, 0.29) is 31.1 Å². The van der Waals surface area contributed by atoms with Gasteiger partial charge in [0.2, 0.25) is 0 Å². The summed E-state index contributed by atoms with van der Waals surface area (Å²) in [7, 11) is 0. The molecule has 0 aliphatic rings. The monoisotopic (exact) mass is 909 g/mol. The molecule has 0 amide bonds. The lowest BCUT2D eigenvalue weighted by molar-refractivity contribution is -0.167. The molecule has 0 unspecified atom stereocenters. The molecule has 0 aliphatic carbocycles. The predicted octanol–water partition coefficient (Wildman–Crippen LogP) is 18.4. The maximum atomic E-state index is 12.8. The Kier molecular flexibility index (Phi) is 51.3. The van der Waals surface area contributed by atoms with Crippen molar-refractivity contribution >= 4 is 17.9 Å². The van der Waals surface area contributed by atoms with E-state index in [1.165, 1.54) is 135 Å². The zero-order valence-electron chi connectivity index (χ0n) is 43.0. The van der Waals surface area contributed by atoms with Crippen molar-refractivity contribution in [2.45, 2.75) is 284 Å². The molecular weight excluding hydrogens is 805 g/mol. The Labute approximate surface area is 402 Å². The van der Waals surface area contributed by atoms with Gasteiger partial charge in [0.15, 0.2) is 6.10 Å². The maximum Gasteiger partial charge on any atom is 0.306 e. The fourth-order valence-electron chi connectivity index (χ4n) is 7.80. The summed E-state index contributed by atoms with van der Waals surface area (Å²) in [6, 6.07) is 0. The van der Waals surface area contributed by atoms with Crippen LogP contribution in [0.5, 0.6) is 0 Å². The molecule has 0 aliphatic heterocycles. The number of hydrogen-bond acceptors (Lipinski definition) is 6. The Bertz CT molecular complexity index is 1180. The van der Waals surface area contributed by atoms with Gasteiger partial charge in [0, 0.05) is 19.3 Å². The maximum absolute atomic E-state index is 12.8. The number of unbranched alkanes of at least 4 members (excludes halogenated alkanes) is 29. The first kappa shape index (κ1) is 62.1. The van der Waals surface area contributed by atoms with Gasteiger partial charge in [-0.15, -0.1) is 0 Å². The highest BCUT2D eigenvalue weighted by atomic mass is 16.6. The molecule has 6 nitrogen and oxygen atoms in total. The van der Waals surface area contributed by atoms with Gasteiger partial charge in [-0.2, -0.15) is 0 Å². The molecule has 0 saturated heterocycles. The topological polar surface area (TPSA) is 78.9 Å². The third kappa shape index (κ3) is 51.9. The Morgan fingerprint density at radius 1 is 0.323 bits per heavy atom. The van der Waals surface area contributed by atoms with Gasteiger partial charge in [-0.05, 0) is 103 Å². The summed E-state index contributed by atoms with van der Waals surface area (Å²) in [6.45, 7) is 6.50. The molecule has 0 bridgehead atoms. The first-order valence-electron chi connectivity index (χ1n) is 27.8. The molecule has 376 valence electrons. The van der Waals surface area contributed by atoms with Crippen LogP contribution in [0.1, 0.15) is 278 Å². The molecule has 0 saturated carbocycles. The second kappa shape index (κ2) is 53.7. The van der Waals surface area contributed by atoms with Crippen LogP contribution >= 0.6 is 0 Å². The van der Waals surface area contributed by atoms with Crippen LogP contribution in [0.25, 0.3) is 0 Å². The van der Waals surface area contributed by atoms with Crippen LogP contribution in [0.3, 0.4) is 0 Å². The summed E-state index contributed by atoms with van der Waals surface area (Å²) in [6.07, 6.45) is 66.3. The van der Waals surface area contributed by atoms with E-state index in [1.807, 2.05) is 0 Å². The van der Waals surface area contributed by atoms with Crippen molar-refractivity contribution in [3.63, 3.8) is 0 Å². The van der Waals surface area contributed by atoms with Crippen molar-refractivity contribution in [2.75, 3.05) is 13.2 Å². The minimum absolute atomic E-state index is 0.0842. The van der Waals surface area contributed by atoms with E-state index in [0.29, 0.717) is 19.3 Å². The van der Waals surface area contributed by atoms with Crippen LogP contribution in [0.4, 0.5) is 0 Å². The third-order valence-electron chi connectivity index (χ3n) is 12.0. The van der Waals surface area contributed by atoms with Crippen LogP contribution in [0, 0.1) is 0 Å². The van der Waals surface area contributed by atoms with Gasteiger partial charge in [-0.25, -0.2) is 0 Å². The quantitative estimate of drug-likeness (QED) is 0.0262. The zero-order chi connectivity index (χ0) is 47.2. The molecule has 0 radical (unpaired) electrons. The number of ether oxygens (including phenoxy) is 3. The molecule has 0 aromatic rings. The van der Waals surface area contributed by atoms with Gasteiger partial charge in [-0.3, -0.25) is 14.4 Å². The first-order chi connectivity index (χ1) is 32.0. The number of carbonyl (C=O) groups excluding carboxylic acids is 3. The Morgan fingerprint density at radius 2 is 0.600 bits per heavy atom. The second-order valence-electron chi connectivity index (χ2n) is 18.5. The van der Waals surface area contributed by atoms with Crippen LogP contribution in [0.15, 0.2) is 60.8 Å².